The molecule has 0 rings (SSSR count). The van der Waals surface area contributed by atoms with Crippen LogP contribution in [0.1, 0.15) is 66.2 Å². The molecule has 0 radical (unpaired) electrons. The first-order valence-corrected chi connectivity index (χ1v) is 11.7. The minimum atomic E-state index is -1.53. The van der Waals surface area contributed by atoms with E-state index in [-0.39, 0.29) is 18.3 Å². The smallest absolute Gasteiger partial charge is 0.326 e. The topological polar surface area (TPSA) is 220 Å². The first-order valence-electron chi connectivity index (χ1n) is 11.7. The van der Waals surface area contributed by atoms with Gasteiger partial charge in [-0.05, 0) is 44.1 Å². The molecule has 34 heavy (non-hydrogen) atoms. The number of primary amides is 1. The van der Waals surface area contributed by atoms with Gasteiger partial charge in [0.2, 0.25) is 23.6 Å². The van der Waals surface area contributed by atoms with E-state index in [1.807, 2.05) is 20.8 Å². The number of carboxylic acids is 1. The molecule has 0 aliphatic carbocycles. The number of unbranched alkanes of at least 4 members (excludes halogenated alkanes) is 1. The Bertz CT molecular complexity index is 701. The highest BCUT2D eigenvalue weighted by atomic mass is 16.4. The highest BCUT2D eigenvalue weighted by Gasteiger charge is 2.32. The van der Waals surface area contributed by atoms with Gasteiger partial charge in [-0.15, -0.1) is 0 Å². The van der Waals surface area contributed by atoms with Crippen molar-refractivity contribution in [2.45, 2.75) is 90.4 Å². The highest BCUT2D eigenvalue weighted by Crippen LogP contribution is 2.11. The van der Waals surface area contributed by atoms with E-state index in [4.69, 9.17) is 17.2 Å². The summed E-state index contributed by atoms with van der Waals surface area (Å²) in [5, 5.41) is 16.8. The van der Waals surface area contributed by atoms with Crippen LogP contribution in [0.4, 0.5) is 0 Å². The van der Waals surface area contributed by atoms with Gasteiger partial charge in [0.1, 0.15) is 18.1 Å². The average molecular weight is 487 g/mol. The zero-order chi connectivity index (χ0) is 26.4. The van der Waals surface area contributed by atoms with Crippen molar-refractivity contribution < 1.29 is 29.1 Å². The number of nitrogens with two attached hydrogens (primary N) is 3. The summed E-state index contributed by atoms with van der Waals surface area (Å²) >= 11 is 0. The number of hydrogen-bond donors (Lipinski definition) is 7. The van der Waals surface area contributed by atoms with Gasteiger partial charge in [0.15, 0.2) is 0 Å². The molecular formula is C22H42N6O6. The second kappa shape index (κ2) is 16.0. The lowest BCUT2D eigenvalue weighted by atomic mass is 9.96. The number of carbonyl (C=O) groups is 5. The van der Waals surface area contributed by atoms with Crippen molar-refractivity contribution >= 4 is 29.6 Å². The summed E-state index contributed by atoms with van der Waals surface area (Å²) in [4.78, 5) is 61.0. The molecule has 0 aliphatic heterocycles. The van der Waals surface area contributed by atoms with Gasteiger partial charge >= 0.3 is 5.97 Å². The second-order valence-corrected chi connectivity index (χ2v) is 9.02. The van der Waals surface area contributed by atoms with Crippen molar-refractivity contribution in [3.8, 4) is 0 Å². The van der Waals surface area contributed by atoms with E-state index < -0.39 is 60.2 Å². The van der Waals surface area contributed by atoms with Crippen molar-refractivity contribution in [1.82, 2.24) is 16.0 Å². The lowest BCUT2D eigenvalue weighted by Gasteiger charge is -2.28. The Kier molecular flexibility index (Phi) is 14.7. The minimum Gasteiger partial charge on any atom is -0.480 e. The van der Waals surface area contributed by atoms with Crippen LogP contribution >= 0.6 is 0 Å². The predicted octanol–water partition coefficient (Wildman–Crippen LogP) is -1.05. The zero-order valence-corrected chi connectivity index (χ0v) is 20.6. The Hall–Kier alpha value is -2.73. The molecule has 5 unspecified atom stereocenters. The number of hydrogen-bond acceptors (Lipinski definition) is 7. The molecule has 5 atom stereocenters. The fraction of sp³-hybridized carbons (Fsp3) is 0.773. The van der Waals surface area contributed by atoms with Crippen molar-refractivity contribution in [3.63, 3.8) is 0 Å². The molecule has 196 valence electrons. The average Bonchev–Trinajstić information content (AvgIpc) is 2.74. The van der Waals surface area contributed by atoms with Crippen molar-refractivity contribution in [3.05, 3.63) is 0 Å². The molecule has 12 nitrogen and oxygen atoms in total. The van der Waals surface area contributed by atoms with Gasteiger partial charge in [-0.2, -0.15) is 0 Å². The number of carbonyl (C=O) groups excluding carboxylic acids is 4. The molecule has 0 saturated heterocycles. The number of amides is 4. The summed E-state index contributed by atoms with van der Waals surface area (Å²) in [6.45, 7) is 7.88. The van der Waals surface area contributed by atoms with Crippen LogP contribution in [0.15, 0.2) is 0 Å². The van der Waals surface area contributed by atoms with Gasteiger partial charge in [0.25, 0.3) is 0 Å². The molecule has 0 bridgehead atoms. The van der Waals surface area contributed by atoms with E-state index in [1.54, 1.807) is 6.92 Å². The molecule has 0 spiro atoms. The Morgan fingerprint density at radius 1 is 0.882 bits per heavy atom. The maximum Gasteiger partial charge on any atom is 0.326 e. The summed E-state index contributed by atoms with van der Waals surface area (Å²) in [6.07, 6.45) is 1.68. The SMILES string of the molecule is CCC(C)C(NC(=O)C(N)CC(C)C)C(=O)NC(CCCCN)C(=O)NC(CC(N)=O)C(=O)O. The summed E-state index contributed by atoms with van der Waals surface area (Å²) < 4.78 is 0. The van der Waals surface area contributed by atoms with Crippen LogP contribution in [-0.2, 0) is 24.0 Å². The van der Waals surface area contributed by atoms with Crippen molar-refractivity contribution in [2.75, 3.05) is 6.54 Å². The number of rotatable bonds is 17. The van der Waals surface area contributed by atoms with Gasteiger partial charge in [0, 0.05) is 0 Å². The maximum atomic E-state index is 13.1. The van der Waals surface area contributed by atoms with Crippen LogP contribution in [0.2, 0.25) is 0 Å². The van der Waals surface area contributed by atoms with Crippen LogP contribution in [0, 0.1) is 11.8 Å². The Morgan fingerprint density at radius 3 is 1.94 bits per heavy atom. The third kappa shape index (κ3) is 11.9. The fourth-order valence-corrected chi connectivity index (χ4v) is 3.27. The largest absolute Gasteiger partial charge is 0.480 e. The van der Waals surface area contributed by atoms with Crippen molar-refractivity contribution in [1.29, 1.82) is 0 Å². The lowest BCUT2D eigenvalue weighted by molar-refractivity contribution is -0.144. The maximum absolute atomic E-state index is 13.1. The third-order valence-corrected chi connectivity index (χ3v) is 5.46. The van der Waals surface area contributed by atoms with Crippen LogP contribution in [-0.4, -0.2) is 65.4 Å². The molecule has 0 fully saturated rings. The van der Waals surface area contributed by atoms with E-state index in [0.717, 1.165) is 0 Å². The third-order valence-electron chi connectivity index (χ3n) is 5.46. The van der Waals surface area contributed by atoms with E-state index in [0.29, 0.717) is 32.2 Å². The molecule has 12 heteroatoms. The van der Waals surface area contributed by atoms with E-state index in [9.17, 15) is 29.1 Å². The standard InChI is InChI=1S/C22H42N6O6/c1-5-13(4)18(28-19(30)14(24)10-12(2)3)21(32)26-15(8-6-7-9-23)20(31)27-16(22(33)34)11-17(25)29/h12-16,18H,5-11,23-24H2,1-4H3,(H2,25,29)(H,26,32)(H,27,31)(H,28,30)(H,33,34). The number of aliphatic carboxylic acids is 1. The van der Waals surface area contributed by atoms with Gasteiger partial charge in [-0.1, -0.05) is 34.1 Å². The molecule has 0 heterocycles. The Morgan fingerprint density at radius 2 is 1.47 bits per heavy atom. The molecule has 0 saturated carbocycles. The van der Waals surface area contributed by atoms with Gasteiger partial charge in [0.05, 0.1) is 12.5 Å². The highest BCUT2D eigenvalue weighted by molar-refractivity contribution is 5.95. The van der Waals surface area contributed by atoms with Gasteiger partial charge in [-0.3, -0.25) is 19.2 Å². The van der Waals surface area contributed by atoms with Crippen molar-refractivity contribution in [2.24, 2.45) is 29.0 Å². The van der Waals surface area contributed by atoms with Gasteiger partial charge < -0.3 is 38.3 Å². The number of nitrogens with one attached hydrogen (secondary N) is 3. The normalized spacial score (nSPS) is 15.5. The second-order valence-electron chi connectivity index (χ2n) is 9.02. The fourth-order valence-electron chi connectivity index (χ4n) is 3.27. The molecule has 0 aromatic carbocycles. The number of carboxylic acid groups (broad SMARTS) is 1. The van der Waals surface area contributed by atoms with Crippen LogP contribution < -0.4 is 33.2 Å². The molecular weight excluding hydrogens is 444 g/mol. The van der Waals surface area contributed by atoms with Crippen LogP contribution in [0.5, 0.6) is 0 Å². The minimum absolute atomic E-state index is 0.186. The van der Waals surface area contributed by atoms with Gasteiger partial charge in [-0.25, -0.2) is 4.79 Å². The molecule has 10 N–H and O–H groups in total. The molecule has 4 amide bonds. The lowest BCUT2D eigenvalue weighted by Crippen LogP contribution is -2.58. The summed E-state index contributed by atoms with van der Waals surface area (Å²) in [5.74, 6) is -4.22. The summed E-state index contributed by atoms with van der Waals surface area (Å²) in [5.41, 5.74) is 16.5. The van der Waals surface area contributed by atoms with Crippen LogP contribution in [0.25, 0.3) is 0 Å². The van der Waals surface area contributed by atoms with E-state index in [1.165, 1.54) is 0 Å². The summed E-state index contributed by atoms with van der Waals surface area (Å²) in [7, 11) is 0. The quantitative estimate of drug-likeness (QED) is 0.125. The Balaban J connectivity index is 5.57. The van der Waals surface area contributed by atoms with Crippen LogP contribution in [0.3, 0.4) is 0 Å². The first kappa shape index (κ1) is 31.3. The molecule has 0 aromatic heterocycles. The predicted molar refractivity (Wildman–Crippen MR) is 127 cm³/mol. The zero-order valence-electron chi connectivity index (χ0n) is 20.6. The van der Waals surface area contributed by atoms with E-state index in [2.05, 4.69) is 16.0 Å². The van der Waals surface area contributed by atoms with E-state index >= 15 is 0 Å². The summed E-state index contributed by atoms with van der Waals surface area (Å²) in [6, 6.07) is -4.35. The Labute approximate surface area is 201 Å². The monoisotopic (exact) mass is 486 g/mol. The molecule has 0 aliphatic rings. The first-order chi connectivity index (χ1) is 15.8. The molecule has 0 aromatic rings.